The molecule has 0 aliphatic carbocycles. The van der Waals surface area contributed by atoms with Crippen molar-refractivity contribution in [2.45, 2.75) is 58.7 Å². The van der Waals surface area contributed by atoms with E-state index >= 15 is 0 Å². The van der Waals surface area contributed by atoms with Crippen LogP contribution in [-0.2, 0) is 14.3 Å². The molecular weight excluding hydrogens is 400 g/mol. The quantitative estimate of drug-likeness (QED) is 0.157. The number of rotatable bonds is 13. The number of hydrogen-bond acceptors (Lipinski definition) is 4. The molecule has 0 saturated heterocycles. The van der Waals surface area contributed by atoms with Crippen molar-refractivity contribution in [3.63, 3.8) is 0 Å². The van der Waals surface area contributed by atoms with Crippen molar-refractivity contribution in [2.24, 2.45) is 11.8 Å². The van der Waals surface area contributed by atoms with Crippen molar-refractivity contribution in [3.8, 4) is 0 Å². The van der Waals surface area contributed by atoms with Gasteiger partial charge in [0.25, 0.3) is 0 Å². The lowest BCUT2D eigenvalue weighted by Gasteiger charge is -2.24. The second kappa shape index (κ2) is 14.1. The highest BCUT2D eigenvalue weighted by molar-refractivity contribution is 6.30. The summed E-state index contributed by atoms with van der Waals surface area (Å²) in [5, 5.41) is 10.6. The molecule has 166 valence electrons. The van der Waals surface area contributed by atoms with Crippen LogP contribution in [0.5, 0.6) is 0 Å². The molecule has 4 nitrogen and oxygen atoms in total. The number of aliphatic hydroxyl groups excluding tert-OH is 1. The van der Waals surface area contributed by atoms with Crippen LogP contribution in [0, 0.1) is 11.8 Å². The van der Waals surface area contributed by atoms with Gasteiger partial charge in [-0.25, -0.2) is 4.79 Å². The van der Waals surface area contributed by atoms with Gasteiger partial charge >= 0.3 is 5.97 Å². The number of benzene rings is 1. The van der Waals surface area contributed by atoms with Gasteiger partial charge in [-0.15, -0.1) is 0 Å². The van der Waals surface area contributed by atoms with Crippen LogP contribution in [0.15, 0.2) is 60.9 Å². The lowest BCUT2D eigenvalue weighted by molar-refractivity contribution is -0.156. The van der Waals surface area contributed by atoms with Crippen molar-refractivity contribution in [3.05, 3.63) is 71.5 Å². The summed E-state index contributed by atoms with van der Waals surface area (Å²) < 4.78 is 10.9. The van der Waals surface area contributed by atoms with E-state index in [4.69, 9.17) is 21.1 Å². The van der Waals surface area contributed by atoms with Gasteiger partial charge in [0.05, 0.1) is 19.0 Å². The minimum atomic E-state index is -0.807. The molecule has 0 radical (unpaired) electrons. The van der Waals surface area contributed by atoms with E-state index in [1.807, 2.05) is 13.0 Å². The van der Waals surface area contributed by atoms with Crippen LogP contribution in [0.4, 0.5) is 0 Å². The fourth-order valence-corrected chi connectivity index (χ4v) is 3.66. The maximum atomic E-state index is 12.2. The van der Waals surface area contributed by atoms with Crippen LogP contribution in [0.3, 0.4) is 0 Å². The molecule has 0 amide bonds. The molecule has 1 N–H and O–H groups in total. The molecule has 1 aromatic carbocycles. The zero-order valence-corrected chi connectivity index (χ0v) is 19.3. The van der Waals surface area contributed by atoms with Crippen LogP contribution >= 0.6 is 11.6 Å². The van der Waals surface area contributed by atoms with E-state index in [-0.39, 0.29) is 6.10 Å². The van der Waals surface area contributed by atoms with E-state index in [2.05, 4.69) is 26.5 Å². The van der Waals surface area contributed by atoms with E-state index < -0.39 is 12.1 Å². The monoisotopic (exact) mass is 434 g/mol. The summed E-state index contributed by atoms with van der Waals surface area (Å²) in [4.78, 5) is 12.2. The number of methoxy groups -OCH3 is 1. The standard InChI is InChI=1S/C25H35ClO4/c1-6-10-23(27)17-20(8-3)19(7-2)12-9-11-18(4)30-24(25(28)29-5)21-13-15-22(26)16-14-21/h6,9-11,13-16,18-20,24,27H,1,7-8,12,17H2,2-5H3/b11-9-,23-10+/t18?,19-,20?,24?/m1/s1. The van der Waals surface area contributed by atoms with Crippen molar-refractivity contribution >= 4 is 17.6 Å². The Morgan fingerprint density at radius 3 is 2.37 bits per heavy atom. The van der Waals surface area contributed by atoms with E-state index in [1.165, 1.54) is 7.11 Å². The third-order valence-corrected chi connectivity index (χ3v) is 5.53. The summed E-state index contributed by atoms with van der Waals surface area (Å²) in [7, 11) is 1.35. The highest BCUT2D eigenvalue weighted by Gasteiger charge is 2.24. The predicted octanol–water partition coefficient (Wildman–Crippen LogP) is 6.98. The Labute approximate surface area is 186 Å². The Kier molecular flexibility index (Phi) is 12.2. The van der Waals surface area contributed by atoms with E-state index in [9.17, 15) is 9.90 Å². The number of halogens is 1. The zero-order chi connectivity index (χ0) is 22.5. The summed E-state index contributed by atoms with van der Waals surface area (Å²) in [5.74, 6) is 0.773. The van der Waals surface area contributed by atoms with Gasteiger partial charge < -0.3 is 14.6 Å². The van der Waals surface area contributed by atoms with Crippen molar-refractivity contribution in [2.75, 3.05) is 7.11 Å². The molecular formula is C25H35ClO4. The second-order valence-electron chi connectivity index (χ2n) is 7.39. The molecule has 30 heavy (non-hydrogen) atoms. The molecule has 3 unspecified atom stereocenters. The molecule has 0 fully saturated rings. The fourth-order valence-electron chi connectivity index (χ4n) is 3.53. The van der Waals surface area contributed by atoms with Crippen molar-refractivity contribution < 1.29 is 19.4 Å². The minimum absolute atomic E-state index is 0.267. The third kappa shape index (κ3) is 8.76. The molecule has 5 heteroatoms. The maximum absolute atomic E-state index is 12.2. The van der Waals surface area contributed by atoms with Gasteiger partial charge in [-0.3, -0.25) is 0 Å². The third-order valence-electron chi connectivity index (χ3n) is 5.28. The number of aliphatic hydroxyl groups is 1. The van der Waals surface area contributed by atoms with Crippen LogP contribution in [0.1, 0.15) is 58.1 Å². The molecule has 1 aromatic rings. The Morgan fingerprint density at radius 1 is 1.20 bits per heavy atom. The topological polar surface area (TPSA) is 55.8 Å². The average Bonchev–Trinajstić information content (AvgIpc) is 2.74. The van der Waals surface area contributed by atoms with Crippen LogP contribution in [0.2, 0.25) is 5.02 Å². The Bertz CT molecular complexity index is 708. The molecule has 0 heterocycles. The number of hydrogen-bond donors (Lipinski definition) is 1. The van der Waals surface area contributed by atoms with Gasteiger partial charge in [-0.2, -0.15) is 0 Å². The lowest BCUT2D eigenvalue weighted by atomic mass is 9.82. The lowest BCUT2D eigenvalue weighted by Crippen LogP contribution is -2.21. The summed E-state index contributed by atoms with van der Waals surface area (Å²) in [5.41, 5.74) is 0.702. The number of ether oxygens (including phenoxy) is 2. The first kappa shape index (κ1) is 26.0. The first-order valence-electron chi connectivity index (χ1n) is 10.5. The van der Waals surface area contributed by atoms with Gasteiger partial charge in [-0.1, -0.05) is 75.2 Å². The fraction of sp³-hybridized carbons (Fsp3) is 0.480. The van der Waals surface area contributed by atoms with Crippen LogP contribution in [-0.4, -0.2) is 24.3 Å². The van der Waals surface area contributed by atoms with E-state index in [1.54, 1.807) is 36.4 Å². The largest absolute Gasteiger partial charge is 0.512 e. The average molecular weight is 435 g/mol. The zero-order valence-electron chi connectivity index (χ0n) is 18.5. The van der Waals surface area contributed by atoms with E-state index in [0.29, 0.717) is 34.6 Å². The van der Waals surface area contributed by atoms with Gasteiger partial charge in [0.2, 0.25) is 0 Å². The first-order valence-corrected chi connectivity index (χ1v) is 10.9. The Balaban J connectivity index is 2.76. The Morgan fingerprint density at radius 2 is 1.83 bits per heavy atom. The highest BCUT2D eigenvalue weighted by Crippen LogP contribution is 2.29. The Hall–Kier alpha value is -2.04. The summed E-state index contributed by atoms with van der Waals surface area (Å²) >= 11 is 5.94. The molecule has 0 aromatic heterocycles. The minimum Gasteiger partial charge on any atom is -0.512 e. The van der Waals surface area contributed by atoms with Crippen LogP contribution in [0.25, 0.3) is 0 Å². The van der Waals surface area contributed by atoms with Gasteiger partial charge in [0, 0.05) is 11.4 Å². The van der Waals surface area contributed by atoms with Crippen LogP contribution < -0.4 is 0 Å². The first-order chi connectivity index (χ1) is 14.4. The molecule has 0 bridgehead atoms. The summed E-state index contributed by atoms with van der Waals surface area (Å²) in [6.45, 7) is 9.86. The highest BCUT2D eigenvalue weighted by atomic mass is 35.5. The van der Waals surface area contributed by atoms with Gasteiger partial charge in [-0.05, 0) is 49.0 Å². The number of allylic oxidation sites excluding steroid dienone is 4. The van der Waals surface area contributed by atoms with Gasteiger partial charge in [0.15, 0.2) is 6.10 Å². The number of carbonyl (C=O) groups is 1. The molecule has 0 spiro atoms. The second-order valence-corrected chi connectivity index (χ2v) is 7.83. The molecule has 0 saturated carbocycles. The van der Waals surface area contributed by atoms with Crippen molar-refractivity contribution in [1.29, 1.82) is 0 Å². The number of esters is 1. The van der Waals surface area contributed by atoms with Gasteiger partial charge in [0.1, 0.15) is 0 Å². The van der Waals surface area contributed by atoms with E-state index in [0.717, 1.165) is 19.3 Å². The smallest absolute Gasteiger partial charge is 0.339 e. The number of carbonyl (C=O) groups excluding carboxylic acids is 1. The molecule has 0 aliphatic rings. The molecule has 1 rings (SSSR count). The SMILES string of the molecule is C=C/C=C(/O)CC(CC)[C@H](CC)C/C=C\C(C)OC(C(=O)OC)c1ccc(Cl)cc1. The van der Waals surface area contributed by atoms with Crippen molar-refractivity contribution in [1.82, 2.24) is 0 Å². The summed E-state index contributed by atoms with van der Waals surface area (Å²) in [6, 6.07) is 6.98. The predicted molar refractivity (Wildman–Crippen MR) is 124 cm³/mol. The normalized spacial score (nSPS) is 16.1. The molecule has 4 atom stereocenters. The summed E-state index contributed by atoms with van der Waals surface area (Å²) in [6.07, 6.45) is 9.83. The molecule has 0 aliphatic heterocycles. The maximum Gasteiger partial charge on any atom is 0.339 e.